The Morgan fingerprint density at radius 1 is 1.21 bits per heavy atom. The lowest BCUT2D eigenvalue weighted by molar-refractivity contribution is 0.137. The largest absolute Gasteiger partial charge is 0.312 e. The number of nitrogens with one attached hydrogen (secondary N) is 1. The number of rotatable bonds is 0. The van der Waals surface area contributed by atoms with Crippen LogP contribution in [0.15, 0.2) is 0 Å². The summed E-state index contributed by atoms with van der Waals surface area (Å²) in [5.74, 6) is 1.82. The Bertz CT molecular complexity index is 189. The van der Waals surface area contributed by atoms with Gasteiger partial charge in [-0.1, -0.05) is 6.92 Å². The molecule has 0 spiro atoms. The Balaban J connectivity index is 2.08. The number of likely N-dealkylation sites (N-methyl/N-ethyl adjacent to an activating group) is 1. The zero-order chi connectivity index (χ0) is 10.1. The van der Waals surface area contributed by atoms with Crippen LogP contribution in [-0.4, -0.2) is 37.1 Å². The normalized spacial score (nSPS) is 45.6. The van der Waals surface area contributed by atoms with Gasteiger partial charge < -0.3 is 10.2 Å². The van der Waals surface area contributed by atoms with Gasteiger partial charge in [0.15, 0.2) is 0 Å². The predicted octanol–water partition coefficient (Wildman–Crippen LogP) is 1.71. The van der Waals surface area contributed by atoms with E-state index in [1.807, 2.05) is 0 Å². The molecule has 2 fully saturated rings. The highest BCUT2D eigenvalue weighted by Crippen LogP contribution is 2.33. The van der Waals surface area contributed by atoms with Gasteiger partial charge in [0, 0.05) is 25.2 Å². The summed E-state index contributed by atoms with van der Waals surface area (Å²) >= 11 is 0. The molecule has 0 amide bonds. The summed E-state index contributed by atoms with van der Waals surface area (Å²) < 4.78 is 0. The lowest BCUT2D eigenvalue weighted by Gasteiger charge is -2.39. The minimum Gasteiger partial charge on any atom is -0.312 e. The van der Waals surface area contributed by atoms with Crippen LogP contribution in [0.4, 0.5) is 0 Å². The first-order valence-electron chi connectivity index (χ1n) is 6.12. The summed E-state index contributed by atoms with van der Waals surface area (Å²) in [7, 11) is 2.27. The fraction of sp³-hybridized carbons (Fsp3) is 1.00. The van der Waals surface area contributed by atoms with E-state index in [2.05, 4.69) is 31.1 Å². The number of fused-ring (bicyclic) bond motifs is 1. The summed E-state index contributed by atoms with van der Waals surface area (Å²) in [5, 5.41) is 3.72. The zero-order valence-electron chi connectivity index (χ0n) is 9.79. The quantitative estimate of drug-likeness (QED) is 0.634. The highest BCUT2D eigenvalue weighted by molar-refractivity contribution is 4.91. The molecule has 2 rings (SSSR count). The molecule has 0 aromatic heterocycles. The summed E-state index contributed by atoms with van der Waals surface area (Å²) in [6.45, 7) is 7.20. The van der Waals surface area contributed by atoms with E-state index in [-0.39, 0.29) is 0 Å². The van der Waals surface area contributed by atoms with E-state index in [4.69, 9.17) is 0 Å². The molecule has 0 aromatic carbocycles. The van der Waals surface area contributed by atoms with Crippen molar-refractivity contribution in [1.29, 1.82) is 0 Å². The SMILES string of the molecule is CC1CCC2NCCN(C)[C@@H](C)[C@@H]2C1. The minimum atomic E-state index is 0.762. The molecular formula is C12H24N2. The molecule has 0 bridgehead atoms. The number of hydrogen-bond donors (Lipinski definition) is 1. The Hall–Kier alpha value is -0.0800. The summed E-state index contributed by atoms with van der Waals surface area (Å²) in [6, 6.07) is 1.56. The molecule has 2 nitrogen and oxygen atoms in total. The van der Waals surface area contributed by atoms with Gasteiger partial charge in [0.1, 0.15) is 0 Å². The summed E-state index contributed by atoms with van der Waals surface area (Å²) in [4.78, 5) is 2.52. The molecule has 2 unspecified atom stereocenters. The maximum atomic E-state index is 3.72. The van der Waals surface area contributed by atoms with Crippen LogP contribution in [0.3, 0.4) is 0 Å². The minimum absolute atomic E-state index is 0.762. The van der Waals surface area contributed by atoms with Gasteiger partial charge in [-0.25, -0.2) is 0 Å². The zero-order valence-corrected chi connectivity index (χ0v) is 9.79. The van der Waals surface area contributed by atoms with Gasteiger partial charge in [-0.2, -0.15) is 0 Å². The number of nitrogens with zero attached hydrogens (tertiary/aromatic N) is 1. The van der Waals surface area contributed by atoms with Crippen LogP contribution >= 0.6 is 0 Å². The third-order valence-electron chi connectivity index (χ3n) is 4.35. The van der Waals surface area contributed by atoms with E-state index < -0.39 is 0 Å². The molecule has 4 atom stereocenters. The summed E-state index contributed by atoms with van der Waals surface area (Å²) in [5.41, 5.74) is 0. The topological polar surface area (TPSA) is 15.3 Å². The van der Waals surface area contributed by atoms with E-state index in [0.717, 1.165) is 23.9 Å². The van der Waals surface area contributed by atoms with Gasteiger partial charge >= 0.3 is 0 Å². The monoisotopic (exact) mass is 196 g/mol. The van der Waals surface area contributed by atoms with Crippen molar-refractivity contribution in [2.75, 3.05) is 20.1 Å². The molecule has 82 valence electrons. The molecule has 14 heavy (non-hydrogen) atoms. The van der Waals surface area contributed by atoms with Crippen LogP contribution in [0.5, 0.6) is 0 Å². The maximum Gasteiger partial charge on any atom is 0.0111 e. The predicted molar refractivity (Wildman–Crippen MR) is 60.4 cm³/mol. The third-order valence-corrected chi connectivity index (χ3v) is 4.35. The van der Waals surface area contributed by atoms with Crippen LogP contribution in [-0.2, 0) is 0 Å². The van der Waals surface area contributed by atoms with Crippen LogP contribution in [0.25, 0.3) is 0 Å². The van der Waals surface area contributed by atoms with Crippen molar-refractivity contribution in [3.63, 3.8) is 0 Å². The van der Waals surface area contributed by atoms with Crippen LogP contribution in [0.1, 0.15) is 33.1 Å². The Morgan fingerprint density at radius 3 is 2.79 bits per heavy atom. The van der Waals surface area contributed by atoms with Gasteiger partial charge in [-0.05, 0) is 45.1 Å². The van der Waals surface area contributed by atoms with E-state index in [1.54, 1.807) is 0 Å². The van der Waals surface area contributed by atoms with E-state index in [0.29, 0.717) is 0 Å². The highest BCUT2D eigenvalue weighted by atomic mass is 15.2. The van der Waals surface area contributed by atoms with Crippen LogP contribution < -0.4 is 5.32 Å². The molecule has 1 aliphatic heterocycles. The Labute approximate surface area is 88.1 Å². The average Bonchev–Trinajstić information content (AvgIpc) is 2.30. The van der Waals surface area contributed by atoms with Crippen molar-refractivity contribution < 1.29 is 0 Å². The van der Waals surface area contributed by atoms with Gasteiger partial charge in [0.2, 0.25) is 0 Å². The first kappa shape index (κ1) is 10.4. The van der Waals surface area contributed by atoms with Crippen molar-refractivity contribution in [3.05, 3.63) is 0 Å². The van der Waals surface area contributed by atoms with E-state index in [9.17, 15) is 0 Å². The lowest BCUT2D eigenvalue weighted by atomic mass is 9.75. The molecule has 1 N–H and O–H groups in total. The molecule has 1 saturated heterocycles. The van der Waals surface area contributed by atoms with Gasteiger partial charge in [0.05, 0.1) is 0 Å². The maximum absolute atomic E-state index is 3.72. The standard InChI is InChI=1S/C12H24N2/c1-9-4-5-12-11(8-9)10(2)14(3)7-6-13-12/h9-13H,4-8H2,1-3H3/t9?,10-,11-,12?/m0/s1. The second-order valence-corrected chi connectivity index (χ2v) is 5.36. The lowest BCUT2D eigenvalue weighted by Crippen LogP contribution is -2.44. The van der Waals surface area contributed by atoms with Crippen molar-refractivity contribution in [2.24, 2.45) is 11.8 Å². The molecule has 1 saturated carbocycles. The van der Waals surface area contributed by atoms with Gasteiger partial charge in [-0.3, -0.25) is 0 Å². The van der Waals surface area contributed by atoms with E-state index in [1.165, 1.54) is 32.4 Å². The van der Waals surface area contributed by atoms with Crippen LogP contribution in [0, 0.1) is 11.8 Å². The molecule has 1 heterocycles. The molecule has 0 aromatic rings. The van der Waals surface area contributed by atoms with E-state index >= 15 is 0 Å². The van der Waals surface area contributed by atoms with Crippen molar-refractivity contribution >= 4 is 0 Å². The van der Waals surface area contributed by atoms with Crippen molar-refractivity contribution in [3.8, 4) is 0 Å². The molecule has 1 aliphatic carbocycles. The van der Waals surface area contributed by atoms with Crippen molar-refractivity contribution in [1.82, 2.24) is 10.2 Å². The molecule has 2 heteroatoms. The fourth-order valence-electron chi connectivity index (χ4n) is 3.17. The first-order valence-corrected chi connectivity index (χ1v) is 6.12. The summed E-state index contributed by atoms with van der Waals surface area (Å²) in [6.07, 6.45) is 4.23. The number of hydrogen-bond acceptors (Lipinski definition) is 2. The Morgan fingerprint density at radius 2 is 2.00 bits per heavy atom. The molecular weight excluding hydrogens is 172 g/mol. The highest BCUT2D eigenvalue weighted by Gasteiger charge is 2.35. The smallest absolute Gasteiger partial charge is 0.0111 e. The second kappa shape index (κ2) is 4.19. The average molecular weight is 196 g/mol. The van der Waals surface area contributed by atoms with Gasteiger partial charge in [-0.15, -0.1) is 0 Å². The van der Waals surface area contributed by atoms with Crippen LogP contribution in [0.2, 0.25) is 0 Å². The van der Waals surface area contributed by atoms with Gasteiger partial charge in [0.25, 0.3) is 0 Å². The second-order valence-electron chi connectivity index (χ2n) is 5.36. The third kappa shape index (κ3) is 1.96. The Kier molecular flexibility index (Phi) is 3.13. The van der Waals surface area contributed by atoms with Crippen molar-refractivity contribution in [2.45, 2.75) is 45.2 Å². The first-order chi connectivity index (χ1) is 6.68. The molecule has 0 radical (unpaired) electrons. The molecule has 2 aliphatic rings. The fourth-order valence-corrected chi connectivity index (χ4v) is 3.17.